The number of hydrogen-bond acceptors (Lipinski definition) is 19. The maximum absolute atomic E-state index is 15.1. The van der Waals surface area contributed by atoms with Gasteiger partial charge in [0.25, 0.3) is 0 Å². The van der Waals surface area contributed by atoms with Crippen LogP contribution in [0.5, 0.6) is 0 Å². The number of amides is 2. The summed E-state index contributed by atoms with van der Waals surface area (Å²) < 4.78 is 90.5. The maximum Gasteiger partial charge on any atom is 0.235 e. The van der Waals surface area contributed by atoms with Crippen molar-refractivity contribution >= 4 is 76.6 Å². The lowest BCUT2D eigenvalue weighted by Gasteiger charge is -2.30. The molecule has 0 aromatic heterocycles. The Kier molecular flexibility index (Phi) is 38.4. The van der Waals surface area contributed by atoms with Crippen LogP contribution < -0.4 is 39.3 Å². The van der Waals surface area contributed by atoms with Gasteiger partial charge in [0.05, 0.1) is 49.0 Å². The van der Waals surface area contributed by atoms with Crippen LogP contribution in [0.15, 0.2) is 121 Å². The number of Topliss-reactive ketones (excluding diaryl/α,β-unsaturated/α-hetero) is 6. The minimum atomic E-state index is -4.51. The van der Waals surface area contributed by atoms with Crippen molar-refractivity contribution in [1.29, 1.82) is 0 Å². The van der Waals surface area contributed by atoms with Crippen molar-refractivity contribution in [3.05, 3.63) is 144 Å². The van der Waals surface area contributed by atoms with Crippen LogP contribution in [0.1, 0.15) is 158 Å². The van der Waals surface area contributed by atoms with Gasteiger partial charge in [-0.05, 0) is 131 Å². The number of ketones is 6. The highest BCUT2D eigenvalue weighted by molar-refractivity contribution is 7.89. The Balaban J connectivity index is 1.50. The number of sulfonamides is 3. The summed E-state index contributed by atoms with van der Waals surface area (Å²) in [6.07, 6.45) is 4.51. The van der Waals surface area contributed by atoms with Gasteiger partial charge in [-0.1, -0.05) is 153 Å². The lowest BCUT2D eigenvalue weighted by molar-refractivity contribution is -0.130. The normalized spacial score (nSPS) is 18.0. The molecule has 1 fully saturated rings. The van der Waals surface area contributed by atoms with E-state index in [-0.39, 0.29) is 114 Å². The second-order valence-corrected chi connectivity index (χ2v) is 33.4. The van der Waals surface area contributed by atoms with Crippen LogP contribution in [0.2, 0.25) is 0 Å². The Labute approximate surface area is 605 Å². The van der Waals surface area contributed by atoms with Crippen molar-refractivity contribution in [3.63, 3.8) is 0 Å². The fourth-order valence-corrected chi connectivity index (χ4v) is 17.4. The third-order valence-corrected chi connectivity index (χ3v) is 24.0. The van der Waals surface area contributed by atoms with Gasteiger partial charge in [0.2, 0.25) is 41.9 Å². The molecule has 0 radical (unpaired) electrons. The highest BCUT2D eigenvalue weighted by Crippen LogP contribution is 2.26. The second kappa shape index (κ2) is 45.6. The Morgan fingerprint density at radius 1 is 0.578 bits per heavy atom. The van der Waals surface area contributed by atoms with Gasteiger partial charge in [-0.3, -0.25) is 38.4 Å². The number of nitrogens with one attached hydrogen (secondary N) is 2. The molecule has 7 atom stereocenters. The molecule has 24 nitrogen and oxygen atoms in total. The number of rotatable bonds is 42. The van der Waals surface area contributed by atoms with E-state index in [1.165, 1.54) is 6.92 Å². The molecule has 2 amide bonds. The first kappa shape index (κ1) is 86.0. The number of benzene rings is 4. The van der Waals surface area contributed by atoms with E-state index in [4.69, 9.17) is 28.7 Å². The molecule has 1 aliphatic heterocycles. The Morgan fingerprint density at radius 3 is 1.68 bits per heavy atom. The van der Waals surface area contributed by atoms with Gasteiger partial charge >= 0.3 is 0 Å². The minimum Gasteiger partial charge on any atom is -0.352 e. The predicted octanol–water partition coefficient (Wildman–Crippen LogP) is 5.61. The average Bonchev–Trinajstić information content (AvgIpc) is 0.838. The number of hydrogen-bond donors (Lipinski definition) is 7. The molecule has 1 aliphatic rings. The summed E-state index contributed by atoms with van der Waals surface area (Å²) >= 11 is 0. The van der Waals surface area contributed by atoms with E-state index in [1.807, 2.05) is 30.3 Å². The van der Waals surface area contributed by atoms with Crippen molar-refractivity contribution in [2.75, 3.05) is 71.2 Å². The molecule has 0 spiro atoms. The van der Waals surface area contributed by atoms with Crippen LogP contribution in [-0.2, 0) is 92.8 Å². The fraction of sp³-hybridized carbons (Fsp3) is 0.573. The van der Waals surface area contributed by atoms with E-state index in [1.54, 1.807) is 91.0 Å². The zero-order chi connectivity index (χ0) is 74.5. The quantitative estimate of drug-likeness (QED) is 0.0265. The topological polar surface area (TPSA) is 403 Å². The van der Waals surface area contributed by atoms with E-state index in [0.29, 0.717) is 88.3 Å². The molecule has 0 saturated carbocycles. The first-order valence-corrected chi connectivity index (χ1v) is 40.9. The van der Waals surface area contributed by atoms with Crippen molar-refractivity contribution in [1.82, 2.24) is 23.5 Å². The molecule has 1 heterocycles. The zero-order valence-corrected chi connectivity index (χ0v) is 62.0. The molecule has 4 aromatic carbocycles. The summed E-state index contributed by atoms with van der Waals surface area (Å²) in [5.74, 6) is -8.73. The van der Waals surface area contributed by atoms with Crippen LogP contribution >= 0.6 is 0 Å². The Morgan fingerprint density at radius 2 is 1.12 bits per heavy atom. The molecular weight excluding hydrogens is 1360 g/mol. The van der Waals surface area contributed by atoms with Gasteiger partial charge in [-0.25, -0.2) is 25.3 Å². The number of carbonyl (C=O) groups is 8. The molecule has 0 bridgehead atoms. The SMILES string of the molecule is CC(=O)[C@@H]1CCCCCC(=O)CC[C@H](NC(=O)CN(C[C@H](CCCCN)NC(=O)[C@H](CCCCN)CC(=O)CN(C[C@@H](CC(=O)[C@@H](N)CCCCN)Cc2ccccc2)S(=O)(=O)Cc2ccccc2)S(=O)(=O)Cc2ccccc2)C(=O)C[C@@H](Cc2ccccc2)CN(S(=O)(=O)CCN)CC(=O)C1. The van der Waals surface area contributed by atoms with Crippen LogP contribution in [0.25, 0.3) is 0 Å². The predicted molar refractivity (Wildman–Crippen MR) is 397 cm³/mol. The standard InChI is InChI=1S/C75H112N10O14S3/c1-57(86)64-31-15-6-16-34-67(87)36-37-71(73(91)46-63(44-59-25-9-3-10-26-59)49-83(52-68(88)47-64)100(94,95)42-41-79)82-74(92)54-85(102(98,99)56-61-29-13-5-14-30-61)51-66(33-18-21-39-77)81-75(93)65(32-17-20-38-76)48-69(89)53-84(101(96,97)55-60-27-11-4-12-28-60)50-62(43-58-23-7-2-8-24-58)45-72(90)70(80)35-19-22-40-78/h2-5,7-14,23-30,62-66,70-71H,6,15-22,31-56,76-80H2,1H3,(H,81,93)(H,82,92)/t62-,63-,64-,65-,66+,70+,71+/m1/s1. The van der Waals surface area contributed by atoms with Gasteiger partial charge in [-0.15, -0.1) is 0 Å². The highest BCUT2D eigenvalue weighted by Gasteiger charge is 2.37. The summed E-state index contributed by atoms with van der Waals surface area (Å²) in [5, 5.41) is 5.78. The smallest absolute Gasteiger partial charge is 0.235 e. The van der Waals surface area contributed by atoms with E-state index in [2.05, 4.69) is 10.6 Å². The van der Waals surface area contributed by atoms with Crippen molar-refractivity contribution < 1.29 is 63.6 Å². The largest absolute Gasteiger partial charge is 0.352 e. The van der Waals surface area contributed by atoms with E-state index < -0.39 is 151 Å². The summed E-state index contributed by atoms with van der Waals surface area (Å²) in [6.45, 7) is -1.11. The number of carbonyl (C=O) groups excluding carboxylic acids is 8. The fourth-order valence-electron chi connectivity index (χ4n) is 13.0. The van der Waals surface area contributed by atoms with Gasteiger partial charge < -0.3 is 39.3 Å². The molecule has 5 rings (SSSR count). The summed E-state index contributed by atoms with van der Waals surface area (Å²) in [6, 6.07) is 31.6. The van der Waals surface area contributed by atoms with Gasteiger partial charge in [0.1, 0.15) is 28.9 Å². The zero-order valence-electron chi connectivity index (χ0n) is 59.5. The monoisotopic (exact) mass is 1470 g/mol. The van der Waals surface area contributed by atoms with Crippen molar-refractivity contribution in [2.24, 2.45) is 52.3 Å². The molecule has 1 saturated heterocycles. The van der Waals surface area contributed by atoms with Crippen LogP contribution in [0.3, 0.4) is 0 Å². The second-order valence-electron chi connectivity index (χ2n) is 27.4. The first-order valence-electron chi connectivity index (χ1n) is 36.1. The van der Waals surface area contributed by atoms with Gasteiger partial charge in [0, 0.05) is 82.6 Å². The van der Waals surface area contributed by atoms with Crippen LogP contribution in [0, 0.1) is 23.7 Å². The molecule has 4 aromatic rings. The number of nitrogens with zero attached hydrogens (tertiary/aromatic N) is 3. The van der Waals surface area contributed by atoms with Gasteiger partial charge in [0.15, 0.2) is 5.78 Å². The van der Waals surface area contributed by atoms with E-state index in [0.717, 1.165) is 24.0 Å². The number of unbranched alkanes of at least 4 members (excludes halogenated alkanes) is 3. The van der Waals surface area contributed by atoms with E-state index >= 15 is 9.59 Å². The highest BCUT2D eigenvalue weighted by atomic mass is 32.2. The summed E-state index contributed by atoms with van der Waals surface area (Å²) in [7, 11) is -13.0. The molecule has 27 heteroatoms. The van der Waals surface area contributed by atoms with Crippen molar-refractivity contribution in [2.45, 2.75) is 178 Å². The summed E-state index contributed by atoms with van der Waals surface area (Å²) in [4.78, 5) is 114. The lowest BCUT2D eigenvalue weighted by Crippen LogP contribution is -2.52. The minimum absolute atomic E-state index is 0.0861. The van der Waals surface area contributed by atoms with Crippen LogP contribution in [-0.4, -0.2) is 174 Å². The molecular formula is C75H112N10O14S3. The summed E-state index contributed by atoms with van der Waals surface area (Å²) in [5.41, 5.74) is 32.3. The lowest BCUT2D eigenvalue weighted by atomic mass is 9.89. The maximum atomic E-state index is 15.1. The Bertz CT molecular complexity index is 3600. The number of nitrogens with two attached hydrogens (primary N) is 5. The van der Waals surface area contributed by atoms with E-state index in [9.17, 15) is 54.0 Å². The molecule has 12 N–H and O–H groups in total. The van der Waals surface area contributed by atoms with Crippen LogP contribution in [0.4, 0.5) is 0 Å². The average molecular weight is 1470 g/mol. The molecule has 0 aliphatic carbocycles. The molecule has 0 unspecified atom stereocenters. The Hall–Kier alpha value is -6.63. The third-order valence-electron chi connectivity index (χ3n) is 18.6. The molecule has 102 heavy (non-hydrogen) atoms. The first-order chi connectivity index (χ1) is 48.7. The van der Waals surface area contributed by atoms with Gasteiger partial charge in [-0.2, -0.15) is 12.9 Å². The molecule has 564 valence electrons. The third kappa shape index (κ3) is 32.2. The van der Waals surface area contributed by atoms with Crippen molar-refractivity contribution in [3.8, 4) is 0 Å².